The number of ether oxygens (including phenoxy) is 1. The molecule has 1 N–H and O–H groups in total. The van der Waals surface area contributed by atoms with Crippen LogP contribution in [0.25, 0.3) is 0 Å². The molecule has 1 atom stereocenters. The molecule has 0 bridgehead atoms. The topological polar surface area (TPSA) is 75.7 Å². The molecule has 0 spiro atoms. The maximum Gasteiger partial charge on any atom is 0.263 e. The molecule has 1 fully saturated rings. The predicted molar refractivity (Wildman–Crippen MR) is 97.3 cm³/mol. The minimum Gasteiger partial charge on any atom is -0.476 e. The Labute approximate surface area is 149 Å². The van der Waals surface area contributed by atoms with Crippen LogP contribution in [0.1, 0.15) is 44.9 Å². The van der Waals surface area contributed by atoms with Crippen LogP contribution < -0.4 is 14.4 Å². The SMILES string of the molecule is CS(=O)(=O)N1C[C@@H](C(=O)NC2CCCCCCC2)Oc2ccccc21. The Morgan fingerprint density at radius 1 is 1.12 bits per heavy atom. The highest BCUT2D eigenvalue weighted by Gasteiger charge is 2.35. The number of para-hydroxylation sites is 2. The van der Waals surface area contributed by atoms with E-state index in [0.717, 1.165) is 31.9 Å². The third-order valence-electron chi connectivity index (χ3n) is 4.88. The highest BCUT2D eigenvalue weighted by molar-refractivity contribution is 7.92. The Hall–Kier alpha value is -1.76. The largest absolute Gasteiger partial charge is 0.476 e. The number of benzene rings is 1. The summed E-state index contributed by atoms with van der Waals surface area (Å²) in [7, 11) is -3.48. The zero-order valence-corrected chi connectivity index (χ0v) is 15.4. The number of fused-ring (bicyclic) bond motifs is 1. The lowest BCUT2D eigenvalue weighted by atomic mass is 9.96. The van der Waals surface area contributed by atoms with Crippen LogP contribution in [0.3, 0.4) is 0 Å². The molecule has 7 heteroatoms. The average Bonchev–Trinajstić information content (AvgIpc) is 2.55. The smallest absolute Gasteiger partial charge is 0.263 e. The molecule has 6 nitrogen and oxygen atoms in total. The summed E-state index contributed by atoms with van der Waals surface area (Å²) in [6.07, 6.45) is 8.21. The second kappa shape index (κ2) is 7.64. The van der Waals surface area contributed by atoms with Crippen LogP contribution in [0.4, 0.5) is 5.69 Å². The first-order chi connectivity index (χ1) is 11.9. The van der Waals surface area contributed by atoms with Crippen LogP contribution in [-0.2, 0) is 14.8 Å². The van der Waals surface area contributed by atoms with Crippen LogP contribution in [0.2, 0.25) is 0 Å². The van der Waals surface area contributed by atoms with Crippen molar-refractivity contribution >= 4 is 21.6 Å². The molecule has 1 saturated carbocycles. The van der Waals surface area contributed by atoms with Crippen molar-refractivity contribution in [3.8, 4) is 5.75 Å². The van der Waals surface area contributed by atoms with E-state index in [1.165, 1.54) is 23.6 Å². The van der Waals surface area contributed by atoms with E-state index >= 15 is 0 Å². The number of amides is 1. The van der Waals surface area contributed by atoms with Gasteiger partial charge in [-0.05, 0) is 25.0 Å². The summed E-state index contributed by atoms with van der Waals surface area (Å²) >= 11 is 0. The second-order valence-corrected chi connectivity index (χ2v) is 8.83. The lowest BCUT2D eigenvalue weighted by Gasteiger charge is -2.34. The Bertz CT molecular complexity index is 712. The molecule has 1 amide bonds. The van der Waals surface area contributed by atoms with Crippen molar-refractivity contribution in [1.82, 2.24) is 5.32 Å². The third-order valence-corrected chi connectivity index (χ3v) is 6.03. The number of rotatable bonds is 3. The molecule has 1 aliphatic heterocycles. The van der Waals surface area contributed by atoms with E-state index in [4.69, 9.17) is 4.74 Å². The minimum atomic E-state index is -3.48. The molecular formula is C18H26N2O4S. The fourth-order valence-corrected chi connectivity index (χ4v) is 4.46. The van der Waals surface area contributed by atoms with Crippen molar-refractivity contribution in [2.24, 2.45) is 0 Å². The lowest BCUT2D eigenvalue weighted by molar-refractivity contribution is -0.128. The summed E-state index contributed by atoms with van der Waals surface area (Å²) in [5.41, 5.74) is 0.486. The standard InChI is InChI=1S/C18H26N2O4S/c1-25(22,23)20-13-17(24-16-12-8-7-11-15(16)20)18(21)19-14-9-5-3-2-4-6-10-14/h7-8,11-12,14,17H,2-6,9-10,13H2,1H3,(H,19,21)/t17-/m0/s1. The number of carbonyl (C=O) groups excluding carboxylic acids is 1. The van der Waals surface area contributed by atoms with Crippen molar-refractivity contribution < 1.29 is 17.9 Å². The molecule has 0 saturated heterocycles. The fraction of sp³-hybridized carbons (Fsp3) is 0.611. The zero-order valence-electron chi connectivity index (χ0n) is 14.6. The normalized spacial score (nSPS) is 22.3. The summed E-state index contributed by atoms with van der Waals surface area (Å²) in [5.74, 6) is 0.200. The Morgan fingerprint density at radius 3 is 2.44 bits per heavy atom. The van der Waals surface area contributed by atoms with Crippen molar-refractivity contribution in [1.29, 1.82) is 0 Å². The molecule has 0 unspecified atom stereocenters. The maximum absolute atomic E-state index is 12.7. The molecule has 2 aliphatic rings. The van der Waals surface area contributed by atoms with E-state index < -0.39 is 16.1 Å². The third kappa shape index (κ3) is 4.45. The average molecular weight is 366 g/mol. The molecule has 3 rings (SSSR count). The van der Waals surface area contributed by atoms with E-state index in [1.54, 1.807) is 24.3 Å². The van der Waals surface area contributed by atoms with Gasteiger partial charge in [0.15, 0.2) is 6.10 Å². The van der Waals surface area contributed by atoms with Gasteiger partial charge in [-0.1, -0.05) is 44.2 Å². The molecule has 1 aliphatic carbocycles. The highest BCUT2D eigenvalue weighted by Crippen LogP contribution is 2.34. The van der Waals surface area contributed by atoms with Crippen molar-refractivity contribution in [3.05, 3.63) is 24.3 Å². The summed E-state index contributed by atoms with van der Waals surface area (Å²) in [5, 5.41) is 3.07. The number of nitrogens with one attached hydrogen (secondary N) is 1. The van der Waals surface area contributed by atoms with E-state index in [0.29, 0.717) is 11.4 Å². The predicted octanol–water partition coefficient (Wildman–Crippen LogP) is 2.44. The number of carbonyl (C=O) groups is 1. The summed E-state index contributed by atoms with van der Waals surface area (Å²) < 4.78 is 31.3. The molecule has 0 aromatic heterocycles. The first-order valence-electron chi connectivity index (χ1n) is 8.99. The van der Waals surface area contributed by atoms with Gasteiger partial charge < -0.3 is 10.1 Å². The van der Waals surface area contributed by atoms with E-state index in [2.05, 4.69) is 5.32 Å². The minimum absolute atomic E-state index is 0.00833. The van der Waals surface area contributed by atoms with Crippen molar-refractivity contribution in [3.63, 3.8) is 0 Å². The molecule has 1 aromatic rings. The zero-order chi connectivity index (χ0) is 17.9. The number of hydrogen-bond acceptors (Lipinski definition) is 4. The van der Waals surface area contributed by atoms with Crippen LogP contribution >= 0.6 is 0 Å². The first kappa shape index (κ1) is 18.0. The Morgan fingerprint density at radius 2 is 1.76 bits per heavy atom. The van der Waals surface area contributed by atoms with Gasteiger partial charge in [-0.15, -0.1) is 0 Å². The van der Waals surface area contributed by atoms with Gasteiger partial charge >= 0.3 is 0 Å². The van der Waals surface area contributed by atoms with Gasteiger partial charge in [-0.3, -0.25) is 9.10 Å². The molecule has 0 radical (unpaired) electrons. The van der Waals surface area contributed by atoms with Gasteiger partial charge in [-0.25, -0.2) is 8.42 Å². The van der Waals surface area contributed by atoms with Gasteiger partial charge in [0.25, 0.3) is 5.91 Å². The number of sulfonamides is 1. The van der Waals surface area contributed by atoms with Crippen LogP contribution in [-0.4, -0.2) is 39.3 Å². The van der Waals surface area contributed by atoms with Gasteiger partial charge in [0.2, 0.25) is 10.0 Å². The van der Waals surface area contributed by atoms with Gasteiger partial charge in [0.1, 0.15) is 5.75 Å². The number of nitrogens with zero attached hydrogens (tertiary/aromatic N) is 1. The molecule has 138 valence electrons. The van der Waals surface area contributed by atoms with Gasteiger partial charge in [0, 0.05) is 6.04 Å². The number of hydrogen-bond donors (Lipinski definition) is 1. The maximum atomic E-state index is 12.7. The molecule has 25 heavy (non-hydrogen) atoms. The van der Waals surface area contributed by atoms with Crippen LogP contribution in [0.15, 0.2) is 24.3 Å². The van der Waals surface area contributed by atoms with Crippen molar-refractivity contribution in [2.75, 3.05) is 17.1 Å². The van der Waals surface area contributed by atoms with Crippen molar-refractivity contribution in [2.45, 2.75) is 57.1 Å². The quantitative estimate of drug-likeness (QED) is 0.891. The molecule has 1 heterocycles. The first-order valence-corrected chi connectivity index (χ1v) is 10.8. The lowest BCUT2D eigenvalue weighted by Crippen LogP contribution is -2.52. The van der Waals surface area contributed by atoms with E-state index in [-0.39, 0.29) is 18.5 Å². The highest BCUT2D eigenvalue weighted by atomic mass is 32.2. The second-order valence-electron chi connectivity index (χ2n) is 6.92. The summed E-state index contributed by atoms with van der Waals surface area (Å²) in [6.45, 7) is 0.00833. The summed E-state index contributed by atoms with van der Waals surface area (Å²) in [4.78, 5) is 12.7. The number of anilines is 1. The van der Waals surface area contributed by atoms with Crippen LogP contribution in [0.5, 0.6) is 5.75 Å². The summed E-state index contributed by atoms with van der Waals surface area (Å²) in [6, 6.07) is 7.08. The molecule has 1 aromatic carbocycles. The monoisotopic (exact) mass is 366 g/mol. The van der Waals surface area contributed by atoms with E-state index in [1.807, 2.05) is 0 Å². The molecular weight excluding hydrogens is 340 g/mol. The van der Waals surface area contributed by atoms with E-state index in [9.17, 15) is 13.2 Å². The van der Waals surface area contributed by atoms with Gasteiger partial charge in [0.05, 0.1) is 18.5 Å². The Balaban J connectivity index is 1.73. The van der Waals surface area contributed by atoms with Crippen LogP contribution in [0, 0.1) is 0 Å². The fourth-order valence-electron chi connectivity index (χ4n) is 3.55. The van der Waals surface area contributed by atoms with Gasteiger partial charge in [-0.2, -0.15) is 0 Å². The Kier molecular flexibility index (Phi) is 5.51.